The minimum absolute atomic E-state index is 0.101. The number of aromatic nitrogens is 3. The van der Waals surface area contributed by atoms with E-state index in [1.807, 2.05) is 47.9 Å². The molecular formula is C20H24N4O5. The molecule has 0 saturated carbocycles. The molecule has 0 amide bonds. The molecule has 5 atom stereocenters. The molecule has 0 aliphatic carbocycles. The molecule has 1 fully saturated rings. The molecule has 5 N–H and O–H groups in total. The maximum Gasteiger partial charge on any atom is 0.184 e. The zero-order valence-electron chi connectivity index (χ0n) is 15.9. The highest BCUT2D eigenvalue weighted by Gasteiger charge is 2.45. The van der Waals surface area contributed by atoms with Crippen LogP contribution in [0.1, 0.15) is 11.5 Å². The lowest BCUT2D eigenvalue weighted by Crippen LogP contribution is -2.40. The van der Waals surface area contributed by atoms with Crippen molar-refractivity contribution in [2.45, 2.75) is 50.7 Å². The Hall–Kier alpha value is -2.56. The fraction of sp³-hybridized carbons (Fsp3) is 0.400. The van der Waals surface area contributed by atoms with Gasteiger partial charge in [-0.15, -0.1) is 0 Å². The number of nitrogens with zero attached hydrogens (tertiary/aromatic N) is 3. The van der Waals surface area contributed by atoms with Crippen molar-refractivity contribution in [1.29, 1.82) is 0 Å². The number of fused-ring (bicyclic) bond motifs is 1. The van der Waals surface area contributed by atoms with Crippen LogP contribution in [-0.2, 0) is 17.8 Å². The number of anilines is 1. The van der Waals surface area contributed by atoms with Crippen LogP contribution in [0.3, 0.4) is 0 Å². The van der Waals surface area contributed by atoms with E-state index in [0.717, 1.165) is 22.4 Å². The normalized spacial score (nSPS) is 25.4. The first kappa shape index (κ1) is 19.7. The Morgan fingerprint density at radius 2 is 2.00 bits per heavy atom. The number of pyridine rings is 1. The van der Waals surface area contributed by atoms with Crippen LogP contribution in [0, 0.1) is 6.92 Å². The van der Waals surface area contributed by atoms with E-state index in [-0.39, 0.29) is 6.54 Å². The van der Waals surface area contributed by atoms with Crippen molar-refractivity contribution in [2.75, 3.05) is 5.32 Å². The van der Waals surface area contributed by atoms with Gasteiger partial charge in [0, 0.05) is 11.9 Å². The Bertz CT molecular complexity index is 980. The highest BCUT2D eigenvalue weighted by atomic mass is 16.6. The Morgan fingerprint density at radius 3 is 2.69 bits per heavy atom. The Labute approximate surface area is 167 Å². The number of benzene rings is 1. The maximum absolute atomic E-state index is 10.5. The van der Waals surface area contributed by atoms with Gasteiger partial charge in [0.1, 0.15) is 30.2 Å². The molecule has 154 valence electrons. The fourth-order valence-electron chi connectivity index (χ4n) is 3.58. The van der Waals surface area contributed by atoms with Crippen LogP contribution in [0.4, 0.5) is 5.69 Å². The zero-order chi connectivity index (χ0) is 20.5. The summed E-state index contributed by atoms with van der Waals surface area (Å²) in [6, 6.07) is 11.5. The maximum atomic E-state index is 10.5. The lowest BCUT2D eigenvalue weighted by Gasteiger charge is -2.22. The van der Waals surface area contributed by atoms with Gasteiger partial charge in [-0.3, -0.25) is 4.98 Å². The topological polar surface area (TPSA) is 133 Å². The summed E-state index contributed by atoms with van der Waals surface area (Å²) in [7, 11) is 0. The van der Waals surface area contributed by atoms with E-state index in [2.05, 4.69) is 15.3 Å². The highest BCUT2D eigenvalue weighted by Crippen LogP contribution is 2.25. The lowest BCUT2D eigenvalue weighted by molar-refractivity contribution is -0.147. The molecule has 0 unspecified atom stereocenters. The second-order valence-electron chi connectivity index (χ2n) is 7.19. The average molecular weight is 400 g/mol. The molecule has 1 aromatic carbocycles. The largest absolute Gasteiger partial charge is 0.388 e. The predicted molar refractivity (Wildman–Crippen MR) is 105 cm³/mol. The minimum Gasteiger partial charge on any atom is -0.388 e. The van der Waals surface area contributed by atoms with Crippen molar-refractivity contribution in [3.05, 3.63) is 54.1 Å². The number of aliphatic hydroxyl groups excluding tert-OH is 4. The van der Waals surface area contributed by atoms with E-state index in [4.69, 9.17) is 4.74 Å². The Morgan fingerprint density at radius 1 is 1.17 bits per heavy atom. The van der Waals surface area contributed by atoms with Crippen molar-refractivity contribution in [3.63, 3.8) is 0 Å². The molecule has 1 aliphatic rings. The van der Waals surface area contributed by atoms with Crippen LogP contribution in [0.5, 0.6) is 0 Å². The smallest absolute Gasteiger partial charge is 0.184 e. The van der Waals surface area contributed by atoms with E-state index < -0.39 is 30.7 Å². The number of ether oxygens (including phenoxy) is 1. The quantitative estimate of drug-likeness (QED) is 0.395. The van der Waals surface area contributed by atoms with Crippen molar-refractivity contribution in [1.82, 2.24) is 14.5 Å². The first-order valence-electron chi connectivity index (χ1n) is 9.42. The van der Waals surface area contributed by atoms with Crippen molar-refractivity contribution >= 4 is 16.7 Å². The molecule has 3 aromatic rings. The van der Waals surface area contributed by atoms with Gasteiger partial charge in [0.25, 0.3) is 0 Å². The summed E-state index contributed by atoms with van der Waals surface area (Å²) < 4.78 is 6.91. The zero-order valence-corrected chi connectivity index (χ0v) is 15.9. The standard InChI is InChI=1S/C20H24N4O5/c1-11-23-14-8-12(22-9-13-4-2-3-7-21-13)5-6-15(14)24(11)10-16(25)19-17(26)18(27)20(28)29-19/h2-8,16-20,22,25-28H,9-10H2,1H3/t16-,17-,18+,19-,20+/m1/s1. The number of imidazole rings is 1. The van der Waals surface area contributed by atoms with Gasteiger partial charge in [-0.1, -0.05) is 6.07 Å². The van der Waals surface area contributed by atoms with E-state index in [1.165, 1.54) is 0 Å². The number of aryl methyl sites for hydroxylation is 1. The number of hydrogen-bond donors (Lipinski definition) is 5. The number of rotatable bonds is 6. The van der Waals surface area contributed by atoms with Crippen LogP contribution in [-0.4, -0.2) is 65.7 Å². The summed E-state index contributed by atoms with van der Waals surface area (Å²) in [5.41, 5.74) is 3.40. The first-order valence-corrected chi connectivity index (χ1v) is 9.42. The first-order chi connectivity index (χ1) is 13.9. The third-order valence-electron chi connectivity index (χ3n) is 5.16. The molecule has 0 radical (unpaired) electrons. The van der Waals surface area contributed by atoms with Crippen LogP contribution in [0.2, 0.25) is 0 Å². The van der Waals surface area contributed by atoms with Crippen LogP contribution in [0.25, 0.3) is 11.0 Å². The summed E-state index contributed by atoms with van der Waals surface area (Å²) >= 11 is 0. The second-order valence-corrected chi connectivity index (χ2v) is 7.19. The summed E-state index contributed by atoms with van der Waals surface area (Å²) in [5.74, 6) is 0.689. The van der Waals surface area contributed by atoms with Gasteiger partial charge < -0.3 is 35.0 Å². The molecule has 3 heterocycles. The SMILES string of the molecule is Cc1nc2cc(NCc3ccccn3)ccc2n1C[C@@H](O)[C@H]1O[C@H](O)[C@@H](O)[C@H]1O. The molecule has 9 nitrogen and oxygen atoms in total. The van der Waals surface area contributed by atoms with E-state index in [9.17, 15) is 20.4 Å². The van der Waals surface area contributed by atoms with Crippen LogP contribution < -0.4 is 5.32 Å². The van der Waals surface area contributed by atoms with E-state index in [0.29, 0.717) is 12.4 Å². The highest BCUT2D eigenvalue weighted by molar-refractivity contribution is 5.80. The summed E-state index contributed by atoms with van der Waals surface area (Å²) in [6.45, 7) is 2.51. The summed E-state index contributed by atoms with van der Waals surface area (Å²) in [4.78, 5) is 8.84. The molecule has 2 aromatic heterocycles. The molecule has 9 heteroatoms. The monoisotopic (exact) mass is 400 g/mol. The summed E-state index contributed by atoms with van der Waals surface area (Å²) in [5, 5.41) is 42.9. The minimum atomic E-state index is -1.52. The molecule has 1 saturated heterocycles. The third kappa shape index (κ3) is 3.96. The van der Waals surface area contributed by atoms with Crippen molar-refractivity contribution < 1.29 is 25.2 Å². The van der Waals surface area contributed by atoms with E-state index in [1.54, 1.807) is 6.20 Å². The molecule has 0 bridgehead atoms. The lowest BCUT2D eigenvalue weighted by atomic mass is 10.1. The van der Waals surface area contributed by atoms with Crippen LogP contribution >= 0.6 is 0 Å². The molecule has 1 aliphatic heterocycles. The third-order valence-corrected chi connectivity index (χ3v) is 5.16. The number of hydrogen-bond acceptors (Lipinski definition) is 8. The van der Waals surface area contributed by atoms with Gasteiger partial charge in [0.2, 0.25) is 0 Å². The van der Waals surface area contributed by atoms with Gasteiger partial charge in [-0.25, -0.2) is 4.98 Å². The van der Waals surface area contributed by atoms with Crippen LogP contribution in [0.15, 0.2) is 42.6 Å². The molecular weight excluding hydrogens is 376 g/mol. The Balaban J connectivity index is 1.49. The number of aliphatic hydroxyl groups is 4. The van der Waals surface area contributed by atoms with Crippen molar-refractivity contribution in [3.8, 4) is 0 Å². The van der Waals surface area contributed by atoms with Gasteiger partial charge in [-0.2, -0.15) is 0 Å². The van der Waals surface area contributed by atoms with E-state index >= 15 is 0 Å². The second kappa shape index (κ2) is 8.05. The fourth-order valence-corrected chi connectivity index (χ4v) is 3.58. The van der Waals surface area contributed by atoms with Gasteiger partial charge in [0.15, 0.2) is 6.29 Å². The van der Waals surface area contributed by atoms with Crippen molar-refractivity contribution in [2.24, 2.45) is 0 Å². The molecule has 29 heavy (non-hydrogen) atoms. The van der Waals surface area contributed by atoms with Gasteiger partial charge in [-0.05, 0) is 37.3 Å². The number of nitrogens with one attached hydrogen (secondary N) is 1. The summed E-state index contributed by atoms with van der Waals surface area (Å²) in [6.07, 6.45) is -4.79. The van der Waals surface area contributed by atoms with Gasteiger partial charge in [0.05, 0.1) is 29.8 Å². The predicted octanol–water partition coefficient (Wildman–Crippen LogP) is 0.152. The molecule has 4 rings (SSSR count). The molecule has 0 spiro atoms. The Kier molecular flexibility index (Phi) is 5.48. The average Bonchev–Trinajstić information content (AvgIpc) is 3.17. The van der Waals surface area contributed by atoms with Gasteiger partial charge >= 0.3 is 0 Å².